The minimum Gasteiger partial charge on any atom is -0.496 e. The second kappa shape index (κ2) is 6.11. The summed E-state index contributed by atoms with van der Waals surface area (Å²) in [5.74, 6) is 0.289. The molecule has 1 aromatic carbocycles. The van der Waals surface area contributed by atoms with Crippen molar-refractivity contribution >= 4 is 52.2 Å². The number of rotatable bonds is 4. The zero-order chi connectivity index (χ0) is 16.6. The van der Waals surface area contributed by atoms with Gasteiger partial charge in [0.2, 0.25) is 0 Å². The molecular weight excluding hydrogens is 342 g/mol. The molecule has 118 valence electrons. The molecular formula is C13H10ClN5O3S. The van der Waals surface area contributed by atoms with Crippen LogP contribution >= 0.6 is 11.6 Å². The molecule has 3 rings (SSSR count). The fraction of sp³-hybridized carbons (Fsp3) is 0.154. The van der Waals surface area contributed by atoms with E-state index in [4.69, 9.17) is 16.3 Å². The molecule has 0 aromatic heterocycles. The van der Waals surface area contributed by atoms with E-state index in [2.05, 4.69) is 24.7 Å². The van der Waals surface area contributed by atoms with Crippen LogP contribution in [0.4, 0.5) is 0 Å². The Morgan fingerprint density at radius 1 is 1.26 bits per heavy atom. The van der Waals surface area contributed by atoms with E-state index in [1.807, 2.05) is 0 Å². The monoisotopic (exact) mass is 351 g/mol. The fourth-order valence-corrected chi connectivity index (χ4v) is 3.06. The highest BCUT2D eigenvalue weighted by Gasteiger charge is 2.29. The largest absolute Gasteiger partial charge is 0.496 e. The molecule has 2 heterocycles. The van der Waals surface area contributed by atoms with Crippen molar-refractivity contribution in [3.63, 3.8) is 0 Å². The Kier molecular flexibility index (Phi) is 4.16. The Labute approximate surface area is 138 Å². The first kappa shape index (κ1) is 15.7. The SMILES string of the molecule is CNS(=O)c1cc(C2=NC3=NC=NC(=O)C3=N2)c(OC)cc1Cl. The normalized spacial score (nSPS) is 17.3. The summed E-state index contributed by atoms with van der Waals surface area (Å²) in [5.41, 5.74) is 0.517. The van der Waals surface area contributed by atoms with Gasteiger partial charge in [-0.1, -0.05) is 11.6 Å². The zero-order valence-electron chi connectivity index (χ0n) is 12.0. The second-order valence-electron chi connectivity index (χ2n) is 4.35. The van der Waals surface area contributed by atoms with Crippen LogP contribution in [0.25, 0.3) is 0 Å². The van der Waals surface area contributed by atoms with E-state index in [-0.39, 0.29) is 22.4 Å². The molecule has 10 heteroatoms. The maximum Gasteiger partial charge on any atom is 0.301 e. The molecule has 1 atom stereocenters. The molecule has 0 spiro atoms. The summed E-state index contributed by atoms with van der Waals surface area (Å²) in [6.07, 6.45) is 1.13. The van der Waals surface area contributed by atoms with Gasteiger partial charge in [-0.2, -0.15) is 4.99 Å². The number of aliphatic imine (C=N–C) groups is 4. The Bertz CT molecular complexity index is 859. The Hall–Kier alpha value is -2.23. The number of benzene rings is 1. The third kappa shape index (κ3) is 2.74. The lowest BCUT2D eigenvalue weighted by Crippen LogP contribution is -2.21. The van der Waals surface area contributed by atoms with Crippen LogP contribution in [0, 0.1) is 0 Å². The molecule has 2 aliphatic rings. The predicted molar refractivity (Wildman–Crippen MR) is 88.4 cm³/mol. The number of carbonyl (C=O) groups is 1. The van der Waals surface area contributed by atoms with Crippen LogP contribution in [0.5, 0.6) is 5.75 Å². The van der Waals surface area contributed by atoms with E-state index in [1.165, 1.54) is 13.2 Å². The summed E-state index contributed by atoms with van der Waals surface area (Å²) in [6, 6.07) is 3.08. The van der Waals surface area contributed by atoms with E-state index in [0.717, 1.165) is 6.34 Å². The quantitative estimate of drug-likeness (QED) is 0.865. The lowest BCUT2D eigenvalue weighted by Gasteiger charge is -2.10. The van der Waals surface area contributed by atoms with E-state index in [9.17, 15) is 9.00 Å². The van der Waals surface area contributed by atoms with E-state index in [1.54, 1.807) is 13.1 Å². The van der Waals surface area contributed by atoms with E-state index in [0.29, 0.717) is 16.2 Å². The Morgan fingerprint density at radius 2 is 2.04 bits per heavy atom. The highest BCUT2D eigenvalue weighted by atomic mass is 35.5. The number of nitrogens with zero attached hydrogens (tertiary/aromatic N) is 4. The maximum atomic E-state index is 12.0. The lowest BCUT2D eigenvalue weighted by molar-refractivity contribution is -0.111. The maximum absolute atomic E-state index is 12.0. The van der Waals surface area contributed by atoms with Crippen molar-refractivity contribution in [2.45, 2.75) is 4.90 Å². The number of hydrogen-bond donors (Lipinski definition) is 1. The number of halogens is 1. The Morgan fingerprint density at radius 3 is 2.70 bits per heavy atom. The predicted octanol–water partition coefficient (Wildman–Crippen LogP) is 0.759. The van der Waals surface area contributed by atoms with Crippen molar-refractivity contribution in [2.75, 3.05) is 14.2 Å². The van der Waals surface area contributed by atoms with Crippen molar-refractivity contribution in [3.8, 4) is 5.75 Å². The van der Waals surface area contributed by atoms with E-state index < -0.39 is 16.9 Å². The molecule has 0 saturated carbocycles. The number of ether oxygens (including phenoxy) is 1. The number of methoxy groups -OCH3 is 1. The van der Waals surface area contributed by atoms with Crippen molar-refractivity contribution in [1.82, 2.24) is 4.72 Å². The molecule has 0 radical (unpaired) electrons. The number of fused-ring (bicyclic) bond motifs is 1. The summed E-state index contributed by atoms with van der Waals surface area (Å²) in [7, 11) is 1.51. The van der Waals surface area contributed by atoms with Crippen LogP contribution in [0.2, 0.25) is 5.02 Å². The number of amidine groups is 2. The molecule has 0 fully saturated rings. The van der Waals surface area contributed by atoms with Crippen molar-refractivity contribution in [3.05, 3.63) is 22.7 Å². The van der Waals surface area contributed by atoms with Crippen molar-refractivity contribution < 1.29 is 13.7 Å². The van der Waals surface area contributed by atoms with Gasteiger partial charge in [-0.15, -0.1) is 0 Å². The summed E-state index contributed by atoms with van der Waals surface area (Å²) >= 11 is 6.12. The third-order valence-electron chi connectivity index (χ3n) is 3.08. The van der Waals surface area contributed by atoms with Gasteiger partial charge in [0.25, 0.3) is 0 Å². The number of nitrogens with one attached hydrogen (secondary N) is 1. The summed E-state index contributed by atoms with van der Waals surface area (Å²) < 4.78 is 19.9. The molecule has 8 nitrogen and oxygen atoms in total. The number of carbonyl (C=O) groups excluding carboxylic acids is 1. The fourth-order valence-electron chi connectivity index (χ4n) is 2.02. The van der Waals surface area contributed by atoms with Gasteiger partial charge >= 0.3 is 5.91 Å². The van der Waals surface area contributed by atoms with Gasteiger partial charge < -0.3 is 4.74 Å². The van der Waals surface area contributed by atoms with Gasteiger partial charge in [-0.05, 0) is 13.1 Å². The average molecular weight is 352 g/mol. The smallest absolute Gasteiger partial charge is 0.301 e. The lowest BCUT2D eigenvalue weighted by atomic mass is 10.2. The summed E-state index contributed by atoms with van der Waals surface area (Å²) in [5, 5.41) is 0.277. The summed E-state index contributed by atoms with van der Waals surface area (Å²) in [6.45, 7) is 0. The molecule has 1 N–H and O–H groups in total. The van der Waals surface area contributed by atoms with Gasteiger partial charge in [0.1, 0.15) is 23.1 Å². The van der Waals surface area contributed by atoms with Crippen LogP contribution in [-0.4, -0.2) is 48.0 Å². The zero-order valence-corrected chi connectivity index (χ0v) is 13.6. The van der Waals surface area contributed by atoms with Gasteiger partial charge in [0.05, 0.1) is 22.6 Å². The number of amides is 1. The minimum atomic E-state index is -1.50. The van der Waals surface area contributed by atoms with Crippen LogP contribution in [0.1, 0.15) is 5.56 Å². The summed E-state index contributed by atoms with van der Waals surface area (Å²) in [4.78, 5) is 27.9. The molecule has 0 saturated heterocycles. The molecule has 1 amide bonds. The van der Waals surface area contributed by atoms with Gasteiger partial charge in [-0.25, -0.2) is 23.9 Å². The van der Waals surface area contributed by atoms with Gasteiger partial charge in [-0.3, -0.25) is 4.79 Å². The number of hydrogen-bond acceptors (Lipinski definition) is 6. The average Bonchev–Trinajstić information content (AvgIpc) is 2.99. The molecule has 2 aliphatic heterocycles. The minimum absolute atomic E-state index is 0.0655. The van der Waals surface area contributed by atoms with Gasteiger partial charge in [0, 0.05) is 6.07 Å². The van der Waals surface area contributed by atoms with Crippen LogP contribution < -0.4 is 9.46 Å². The molecule has 1 unspecified atom stereocenters. The van der Waals surface area contributed by atoms with Gasteiger partial charge in [0.15, 0.2) is 17.4 Å². The topological polar surface area (TPSA) is 105 Å². The first-order valence-electron chi connectivity index (χ1n) is 6.34. The highest BCUT2D eigenvalue weighted by molar-refractivity contribution is 7.83. The van der Waals surface area contributed by atoms with Crippen LogP contribution in [-0.2, 0) is 15.8 Å². The first-order chi connectivity index (χ1) is 11.0. The van der Waals surface area contributed by atoms with Crippen molar-refractivity contribution in [2.24, 2.45) is 20.0 Å². The van der Waals surface area contributed by atoms with Crippen molar-refractivity contribution in [1.29, 1.82) is 0 Å². The highest BCUT2D eigenvalue weighted by Crippen LogP contribution is 2.31. The van der Waals surface area contributed by atoms with Crippen LogP contribution in [0.3, 0.4) is 0 Å². The first-order valence-corrected chi connectivity index (χ1v) is 7.87. The van der Waals surface area contributed by atoms with Crippen LogP contribution in [0.15, 0.2) is 37.0 Å². The molecule has 23 heavy (non-hydrogen) atoms. The standard InChI is InChI=1S/C13H10ClN5O3S/c1-15-23(21)9-3-6(8(22-2)4-7(9)14)11-18-10-12(19-11)16-5-17-13(10)20/h3-5,15H,1-2H3. The molecule has 1 aromatic rings. The molecule has 0 aliphatic carbocycles. The van der Waals surface area contributed by atoms with E-state index >= 15 is 0 Å². The third-order valence-corrected chi connectivity index (χ3v) is 4.61. The Balaban J connectivity index is 2.14. The second-order valence-corrected chi connectivity index (χ2v) is 6.15. The molecule has 0 bridgehead atoms.